The summed E-state index contributed by atoms with van der Waals surface area (Å²) in [6, 6.07) is 16.0. The monoisotopic (exact) mass is 352 g/mol. The molecule has 0 aliphatic heterocycles. The van der Waals surface area contributed by atoms with Crippen LogP contribution in [0, 0.1) is 5.82 Å². The fourth-order valence-corrected chi connectivity index (χ4v) is 3.99. The molecule has 4 rings (SSSR count). The van der Waals surface area contributed by atoms with Gasteiger partial charge < -0.3 is 5.11 Å². The molecule has 0 fully saturated rings. The number of rotatable bonds is 4. The topological polar surface area (TPSA) is 38.1 Å². The van der Waals surface area contributed by atoms with Gasteiger partial charge in [0.1, 0.15) is 5.82 Å². The number of aliphatic hydroxyl groups is 1. The van der Waals surface area contributed by atoms with Gasteiger partial charge in [-0.2, -0.15) is 5.10 Å². The van der Waals surface area contributed by atoms with E-state index in [1.165, 1.54) is 16.7 Å². The van der Waals surface area contributed by atoms with Crippen LogP contribution in [0.15, 0.2) is 60.1 Å². The Labute approximate surface area is 149 Å². The van der Waals surface area contributed by atoms with Crippen molar-refractivity contribution >= 4 is 22.2 Å². The van der Waals surface area contributed by atoms with E-state index in [-0.39, 0.29) is 5.82 Å². The third kappa shape index (κ3) is 2.97. The first-order chi connectivity index (χ1) is 12.1. The zero-order chi connectivity index (χ0) is 17.4. The molecular weight excluding hydrogens is 335 g/mol. The SMILES string of the molecule is CC(O)Cc1c(F)csc1-c1ccc2c(cnn2-c2ccccc2)c1. The lowest BCUT2D eigenvalue weighted by atomic mass is 10.0. The number of hydrogen-bond acceptors (Lipinski definition) is 3. The summed E-state index contributed by atoms with van der Waals surface area (Å²) in [5, 5.41) is 16.6. The van der Waals surface area contributed by atoms with Crippen molar-refractivity contribution in [3.63, 3.8) is 0 Å². The van der Waals surface area contributed by atoms with Crippen LogP contribution in [0.2, 0.25) is 0 Å². The van der Waals surface area contributed by atoms with Crippen molar-refractivity contribution in [3.8, 4) is 16.1 Å². The molecule has 2 aromatic carbocycles. The summed E-state index contributed by atoms with van der Waals surface area (Å²) in [7, 11) is 0. The summed E-state index contributed by atoms with van der Waals surface area (Å²) in [5.41, 5.74) is 3.53. The molecule has 0 spiro atoms. The van der Waals surface area contributed by atoms with Crippen molar-refractivity contribution < 1.29 is 9.50 Å². The number of thiophene rings is 1. The van der Waals surface area contributed by atoms with E-state index in [2.05, 4.69) is 5.10 Å². The van der Waals surface area contributed by atoms with Gasteiger partial charge in [0, 0.05) is 27.6 Å². The predicted octanol–water partition coefficient (Wildman–Crippen LogP) is 4.82. The Morgan fingerprint density at radius 1 is 1.20 bits per heavy atom. The minimum atomic E-state index is -0.576. The summed E-state index contributed by atoms with van der Waals surface area (Å²) in [6.07, 6.45) is 1.56. The Morgan fingerprint density at radius 3 is 2.76 bits per heavy atom. The highest BCUT2D eigenvalue weighted by atomic mass is 32.1. The summed E-state index contributed by atoms with van der Waals surface area (Å²) >= 11 is 1.37. The second-order valence-corrected chi connectivity index (χ2v) is 6.99. The summed E-state index contributed by atoms with van der Waals surface area (Å²) in [4.78, 5) is 0.868. The van der Waals surface area contributed by atoms with E-state index in [1.807, 2.05) is 59.4 Å². The molecule has 5 heteroatoms. The van der Waals surface area contributed by atoms with Gasteiger partial charge in [0.05, 0.1) is 23.5 Å². The molecule has 0 radical (unpaired) electrons. The smallest absolute Gasteiger partial charge is 0.137 e. The third-order valence-electron chi connectivity index (χ3n) is 4.17. The van der Waals surface area contributed by atoms with Gasteiger partial charge in [-0.1, -0.05) is 24.3 Å². The Kier molecular flexibility index (Phi) is 4.11. The third-order valence-corrected chi connectivity index (χ3v) is 5.22. The highest BCUT2D eigenvalue weighted by molar-refractivity contribution is 7.13. The standard InChI is InChI=1S/C20H17FN2OS/c1-13(24)9-17-18(21)12-25-20(17)14-7-8-19-15(10-14)11-22-23(19)16-5-3-2-4-6-16/h2-8,10-13,24H,9H2,1H3. The minimum Gasteiger partial charge on any atom is -0.393 e. The van der Waals surface area contributed by atoms with E-state index in [9.17, 15) is 9.50 Å². The maximum Gasteiger partial charge on any atom is 0.137 e. The van der Waals surface area contributed by atoms with E-state index in [4.69, 9.17) is 0 Å². The largest absolute Gasteiger partial charge is 0.393 e. The molecule has 1 unspecified atom stereocenters. The van der Waals surface area contributed by atoms with Crippen LogP contribution in [0.3, 0.4) is 0 Å². The average molecular weight is 352 g/mol. The first kappa shape index (κ1) is 16.0. The maximum absolute atomic E-state index is 14.1. The molecule has 0 saturated heterocycles. The molecule has 1 atom stereocenters. The van der Waals surface area contributed by atoms with E-state index in [0.29, 0.717) is 12.0 Å². The second kappa shape index (κ2) is 6.43. The van der Waals surface area contributed by atoms with E-state index in [1.54, 1.807) is 6.92 Å². The van der Waals surface area contributed by atoms with Gasteiger partial charge in [0.25, 0.3) is 0 Å². The van der Waals surface area contributed by atoms with E-state index >= 15 is 0 Å². The van der Waals surface area contributed by atoms with Crippen LogP contribution in [0.25, 0.3) is 27.0 Å². The molecule has 1 N–H and O–H groups in total. The van der Waals surface area contributed by atoms with Crippen LogP contribution in [0.4, 0.5) is 4.39 Å². The van der Waals surface area contributed by atoms with Gasteiger partial charge in [0.15, 0.2) is 0 Å². The number of aromatic nitrogens is 2. The number of fused-ring (bicyclic) bond motifs is 1. The zero-order valence-electron chi connectivity index (χ0n) is 13.7. The van der Waals surface area contributed by atoms with Crippen LogP contribution < -0.4 is 0 Å². The van der Waals surface area contributed by atoms with Crippen molar-refractivity contribution in [1.29, 1.82) is 0 Å². The van der Waals surface area contributed by atoms with Gasteiger partial charge in [-0.15, -0.1) is 11.3 Å². The molecule has 126 valence electrons. The molecule has 0 bridgehead atoms. The van der Waals surface area contributed by atoms with E-state index in [0.717, 1.165) is 27.0 Å². The Morgan fingerprint density at radius 2 is 2.00 bits per heavy atom. The van der Waals surface area contributed by atoms with Gasteiger partial charge in [0.2, 0.25) is 0 Å². The molecule has 2 heterocycles. The quantitative estimate of drug-likeness (QED) is 0.572. The minimum absolute atomic E-state index is 0.249. The highest BCUT2D eigenvalue weighted by Gasteiger charge is 2.16. The Balaban J connectivity index is 1.79. The molecule has 0 aliphatic rings. The number of aliphatic hydroxyl groups excluding tert-OH is 1. The maximum atomic E-state index is 14.1. The summed E-state index contributed by atoms with van der Waals surface area (Å²) in [6.45, 7) is 1.67. The first-order valence-corrected chi connectivity index (χ1v) is 8.99. The van der Waals surface area contributed by atoms with Crippen LogP contribution in [0.5, 0.6) is 0 Å². The van der Waals surface area contributed by atoms with Crippen molar-refractivity contribution in [3.05, 3.63) is 71.5 Å². The van der Waals surface area contributed by atoms with Crippen LogP contribution in [0.1, 0.15) is 12.5 Å². The highest BCUT2D eigenvalue weighted by Crippen LogP contribution is 2.35. The zero-order valence-corrected chi connectivity index (χ0v) is 14.5. The second-order valence-electron chi connectivity index (χ2n) is 6.11. The van der Waals surface area contributed by atoms with Crippen LogP contribution in [-0.4, -0.2) is 21.0 Å². The average Bonchev–Trinajstić information content (AvgIpc) is 3.19. The van der Waals surface area contributed by atoms with Gasteiger partial charge in [-0.3, -0.25) is 0 Å². The van der Waals surface area contributed by atoms with Gasteiger partial charge in [-0.25, -0.2) is 9.07 Å². The number of para-hydroxylation sites is 1. The molecule has 4 aromatic rings. The predicted molar refractivity (Wildman–Crippen MR) is 99.7 cm³/mol. The van der Waals surface area contributed by atoms with Gasteiger partial charge >= 0.3 is 0 Å². The molecular formula is C20H17FN2OS. The fourth-order valence-electron chi connectivity index (χ4n) is 3.04. The summed E-state index contributed by atoms with van der Waals surface area (Å²) < 4.78 is 16.0. The van der Waals surface area contributed by atoms with Crippen molar-refractivity contribution in [1.82, 2.24) is 9.78 Å². The number of nitrogens with zero attached hydrogens (tertiary/aromatic N) is 2. The molecule has 25 heavy (non-hydrogen) atoms. The lowest BCUT2D eigenvalue weighted by Gasteiger charge is -2.08. The van der Waals surface area contributed by atoms with Crippen LogP contribution >= 0.6 is 11.3 Å². The number of halogens is 1. The van der Waals surface area contributed by atoms with Crippen molar-refractivity contribution in [2.75, 3.05) is 0 Å². The lowest BCUT2D eigenvalue weighted by molar-refractivity contribution is 0.194. The molecule has 0 saturated carbocycles. The number of benzene rings is 2. The van der Waals surface area contributed by atoms with Crippen molar-refractivity contribution in [2.24, 2.45) is 0 Å². The Hall–Kier alpha value is -2.50. The molecule has 3 nitrogen and oxygen atoms in total. The van der Waals surface area contributed by atoms with Crippen molar-refractivity contribution in [2.45, 2.75) is 19.4 Å². The fraction of sp³-hybridized carbons (Fsp3) is 0.150. The van der Waals surface area contributed by atoms with E-state index < -0.39 is 6.10 Å². The first-order valence-electron chi connectivity index (χ1n) is 8.11. The van der Waals surface area contributed by atoms with Gasteiger partial charge in [-0.05, 0) is 36.8 Å². The van der Waals surface area contributed by atoms with Crippen LogP contribution in [-0.2, 0) is 6.42 Å². The summed E-state index contributed by atoms with van der Waals surface area (Å²) in [5.74, 6) is -0.249. The molecule has 0 aliphatic carbocycles. The molecule has 0 amide bonds. The Bertz CT molecular complexity index is 1020. The molecule has 2 aromatic heterocycles. The lowest BCUT2D eigenvalue weighted by Crippen LogP contribution is -2.05. The normalized spacial score (nSPS) is 12.6. The number of hydrogen-bond donors (Lipinski definition) is 1.